The lowest BCUT2D eigenvalue weighted by molar-refractivity contribution is -0.118. The topological polar surface area (TPSA) is 123 Å². The van der Waals surface area contributed by atoms with E-state index in [-0.39, 0.29) is 46.1 Å². The van der Waals surface area contributed by atoms with Gasteiger partial charge in [0.05, 0.1) is 5.56 Å². The molecule has 0 aliphatic rings. The monoisotopic (exact) mass is 614 g/mol. The fourth-order valence-corrected chi connectivity index (χ4v) is 4.88. The van der Waals surface area contributed by atoms with Crippen molar-refractivity contribution < 1.29 is 14.0 Å². The van der Waals surface area contributed by atoms with Gasteiger partial charge in [0.1, 0.15) is 28.9 Å². The summed E-state index contributed by atoms with van der Waals surface area (Å²) in [6, 6.07) is 6.44. The van der Waals surface area contributed by atoms with Gasteiger partial charge in [0.2, 0.25) is 0 Å². The number of allylic oxidation sites excluding steroid dienone is 1. The molecule has 0 fully saturated rings. The number of nitrogens with zero attached hydrogens (tertiary/aromatic N) is 4. The Labute approximate surface area is 264 Å². The number of Topliss-reactive ketones (excluding diaryl/α,β-unsaturated/α-hetero) is 1. The van der Waals surface area contributed by atoms with Crippen molar-refractivity contribution in [2.75, 3.05) is 19.0 Å². The van der Waals surface area contributed by atoms with Crippen LogP contribution in [-0.4, -0.2) is 41.2 Å². The molecule has 0 radical (unpaired) electrons. The van der Waals surface area contributed by atoms with E-state index >= 15 is 4.39 Å². The second-order valence-corrected chi connectivity index (χ2v) is 12.0. The molecule has 1 amide bonds. The van der Waals surface area contributed by atoms with Gasteiger partial charge in [-0.2, -0.15) is 0 Å². The van der Waals surface area contributed by atoms with Gasteiger partial charge in [0, 0.05) is 63.2 Å². The average Bonchev–Trinajstić information content (AvgIpc) is 2.97. The Balaban J connectivity index is 2.25. The summed E-state index contributed by atoms with van der Waals surface area (Å²) in [6.45, 7) is 13.4. The predicted octanol–water partition coefficient (Wildman–Crippen LogP) is 5.83. The zero-order chi connectivity index (χ0) is 33.6. The summed E-state index contributed by atoms with van der Waals surface area (Å²) < 4.78 is 17.0. The first-order valence-corrected chi connectivity index (χ1v) is 14.8. The van der Waals surface area contributed by atoms with Crippen LogP contribution in [0.3, 0.4) is 0 Å². The van der Waals surface area contributed by atoms with Gasteiger partial charge in [0.25, 0.3) is 11.5 Å². The second kappa shape index (κ2) is 14.3. The highest BCUT2D eigenvalue weighted by molar-refractivity contribution is 6.08. The lowest BCUT2D eigenvalue weighted by atomic mass is 9.84. The van der Waals surface area contributed by atoms with Gasteiger partial charge in [-0.1, -0.05) is 46.4 Å². The third-order valence-corrected chi connectivity index (χ3v) is 7.46. The summed E-state index contributed by atoms with van der Waals surface area (Å²) in [6.07, 6.45) is 7.14. The van der Waals surface area contributed by atoms with E-state index in [0.717, 1.165) is 11.3 Å². The van der Waals surface area contributed by atoms with E-state index in [1.54, 1.807) is 44.6 Å². The minimum Gasteiger partial charge on any atom is -0.392 e. The highest BCUT2D eigenvalue weighted by Gasteiger charge is 2.27. The maximum atomic E-state index is 15.6. The number of rotatable bonds is 11. The number of anilines is 1. The van der Waals surface area contributed by atoms with E-state index in [2.05, 4.69) is 21.9 Å². The van der Waals surface area contributed by atoms with Crippen molar-refractivity contribution in [2.45, 2.75) is 59.3 Å². The van der Waals surface area contributed by atoms with E-state index in [4.69, 9.17) is 5.73 Å². The Morgan fingerprint density at radius 2 is 1.93 bits per heavy atom. The summed E-state index contributed by atoms with van der Waals surface area (Å²) >= 11 is 0. The number of carbonyl (C=O) groups is 2. The maximum absolute atomic E-state index is 15.6. The maximum Gasteiger partial charge on any atom is 0.276 e. The Morgan fingerprint density at radius 1 is 1.24 bits per heavy atom. The van der Waals surface area contributed by atoms with Crippen molar-refractivity contribution in [2.24, 2.45) is 17.8 Å². The first-order chi connectivity index (χ1) is 21.1. The number of amidine groups is 1. The zero-order valence-corrected chi connectivity index (χ0v) is 27.4. The van der Waals surface area contributed by atoms with Crippen LogP contribution in [0.4, 0.5) is 15.9 Å². The molecule has 3 N–H and O–H groups in total. The minimum atomic E-state index is -0.672. The highest BCUT2D eigenvalue weighted by atomic mass is 19.1. The van der Waals surface area contributed by atoms with E-state index in [0.29, 0.717) is 35.1 Å². The smallest absolute Gasteiger partial charge is 0.276 e. The SMILES string of the molecule is C=Cc1cc(C(C)(C)C)cc(F)c1C(=O)N(C)c1nccc(-c2cc(N=C(N)/C=C(/C)NC)c(=O)n(C)c2)c1CC(=O)CCC. The van der Waals surface area contributed by atoms with E-state index in [1.165, 1.54) is 34.9 Å². The number of pyridine rings is 2. The van der Waals surface area contributed by atoms with Crippen molar-refractivity contribution in [3.8, 4) is 11.1 Å². The van der Waals surface area contributed by atoms with Crippen molar-refractivity contribution in [1.29, 1.82) is 0 Å². The van der Waals surface area contributed by atoms with Gasteiger partial charge in [-0.3, -0.25) is 19.3 Å². The number of nitrogens with two attached hydrogens (primary N) is 1. The molecule has 0 aliphatic carbocycles. The zero-order valence-electron chi connectivity index (χ0n) is 27.4. The second-order valence-electron chi connectivity index (χ2n) is 12.0. The molecule has 0 saturated carbocycles. The number of ketones is 1. The molecule has 10 heteroatoms. The number of halogens is 1. The molecule has 3 aromatic rings. The third-order valence-electron chi connectivity index (χ3n) is 7.46. The van der Waals surface area contributed by atoms with Gasteiger partial charge < -0.3 is 15.6 Å². The summed E-state index contributed by atoms with van der Waals surface area (Å²) in [5.74, 6) is -1.03. The van der Waals surface area contributed by atoms with Crippen LogP contribution in [-0.2, 0) is 23.7 Å². The van der Waals surface area contributed by atoms with Crippen LogP contribution in [0.25, 0.3) is 17.2 Å². The molecular weight excluding hydrogens is 571 g/mol. The molecule has 1 aromatic carbocycles. The normalized spacial score (nSPS) is 12.2. The number of aryl methyl sites for hydroxylation is 1. The molecule has 0 atom stereocenters. The van der Waals surface area contributed by atoms with E-state index in [9.17, 15) is 14.4 Å². The standard InChI is InChI=1S/C35H43FN6O3/c1-10-12-25(43)19-27-26(23-17-29(33(44)41(8)20-23)40-30(37)15-21(3)38-7)13-14-39-32(27)42(9)34(45)31-22(11-2)16-24(18-28(31)36)35(4,5)6/h11,13-18,20,38H,2,10,12,19H2,1,3-9H3,(H2,37,40)/b21-15-. The number of hydrogen-bond acceptors (Lipinski definition) is 6. The van der Waals surface area contributed by atoms with Crippen molar-refractivity contribution >= 4 is 35.1 Å². The molecule has 0 bridgehead atoms. The van der Waals surface area contributed by atoms with Gasteiger partial charge in [0.15, 0.2) is 0 Å². The first kappa shape index (κ1) is 34.6. The molecule has 0 saturated heterocycles. The predicted molar refractivity (Wildman–Crippen MR) is 181 cm³/mol. The Kier molecular flexibility index (Phi) is 11.0. The number of amides is 1. The third kappa shape index (κ3) is 8.00. The molecule has 0 aliphatic heterocycles. The summed E-state index contributed by atoms with van der Waals surface area (Å²) in [4.78, 5) is 50.1. The quantitative estimate of drug-likeness (QED) is 0.207. The van der Waals surface area contributed by atoms with Gasteiger partial charge in [-0.25, -0.2) is 14.4 Å². The van der Waals surface area contributed by atoms with Crippen LogP contribution in [0.1, 0.15) is 74.5 Å². The van der Waals surface area contributed by atoms with Crippen molar-refractivity contribution in [3.05, 3.63) is 93.4 Å². The van der Waals surface area contributed by atoms with Crippen LogP contribution in [0.2, 0.25) is 0 Å². The molecule has 2 heterocycles. The number of aromatic nitrogens is 2. The van der Waals surface area contributed by atoms with Crippen LogP contribution < -0.4 is 21.5 Å². The lowest BCUT2D eigenvalue weighted by Crippen LogP contribution is -2.30. The molecule has 0 spiro atoms. The summed E-state index contributed by atoms with van der Waals surface area (Å²) in [7, 11) is 4.84. The molecule has 0 unspecified atom stereocenters. The number of nitrogens with one attached hydrogen (secondary N) is 1. The molecule has 238 valence electrons. The molecule has 9 nitrogen and oxygen atoms in total. The Bertz CT molecular complexity index is 1750. The van der Waals surface area contributed by atoms with Gasteiger partial charge >= 0.3 is 0 Å². The minimum absolute atomic E-state index is 0.0303. The van der Waals surface area contributed by atoms with Crippen molar-refractivity contribution in [3.63, 3.8) is 0 Å². The van der Waals surface area contributed by atoms with Crippen LogP contribution in [0.15, 0.2) is 64.8 Å². The van der Waals surface area contributed by atoms with Crippen LogP contribution in [0, 0.1) is 5.82 Å². The van der Waals surface area contributed by atoms with E-state index in [1.807, 2.05) is 34.6 Å². The Hall–Kier alpha value is -4.86. The molecule has 2 aromatic heterocycles. The van der Waals surface area contributed by atoms with Crippen LogP contribution in [0.5, 0.6) is 0 Å². The van der Waals surface area contributed by atoms with Gasteiger partial charge in [-0.15, -0.1) is 0 Å². The summed E-state index contributed by atoms with van der Waals surface area (Å²) in [5, 5.41) is 2.96. The largest absolute Gasteiger partial charge is 0.392 e. The highest BCUT2D eigenvalue weighted by Crippen LogP contribution is 2.34. The first-order valence-electron chi connectivity index (χ1n) is 14.8. The molecular formula is C35H43FN6O3. The van der Waals surface area contributed by atoms with Crippen LogP contribution >= 0.6 is 0 Å². The Morgan fingerprint density at radius 3 is 2.53 bits per heavy atom. The molecule has 3 rings (SSSR count). The van der Waals surface area contributed by atoms with Crippen molar-refractivity contribution in [1.82, 2.24) is 14.9 Å². The molecule has 45 heavy (non-hydrogen) atoms. The fraction of sp³-hybridized carbons (Fsp3) is 0.343. The summed E-state index contributed by atoms with van der Waals surface area (Å²) in [5.41, 5.74) is 8.78. The van der Waals surface area contributed by atoms with E-state index < -0.39 is 11.7 Å². The lowest BCUT2D eigenvalue weighted by Gasteiger charge is -2.25. The van der Waals surface area contributed by atoms with Gasteiger partial charge in [-0.05, 0) is 59.7 Å². The number of carbonyl (C=O) groups excluding carboxylic acids is 2. The number of benzene rings is 1. The fourth-order valence-electron chi connectivity index (χ4n) is 4.88. The number of hydrogen-bond donors (Lipinski definition) is 2. The average molecular weight is 615 g/mol. The number of aliphatic imine (C=N–C) groups is 1.